The Hall–Kier alpha value is -2.14. The zero-order valence-electron chi connectivity index (χ0n) is 12.2. The molecule has 2 aromatic rings. The van der Waals surface area contributed by atoms with Gasteiger partial charge in [0.2, 0.25) is 0 Å². The summed E-state index contributed by atoms with van der Waals surface area (Å²) in [5.74, 6) is -0.296. The molecule has 2 aromatic carbocycles. The van der Waals surface area contributed by atoms with Crippen LogP contribution in [0.4, 0.5) is 0 Å². The molecule has 2 rings (SSSR count). The van der Waals surface area contributed by atoms with Gasteiger partial charge >= 0.3 is 0 Å². The SMILES string of the molecule is Cc1ccc(C(=O)NCCNC(=O)c2ccc(Br)cc2)cc1. The number of hydrogen-bond acceptors (Lipinski definition) is 2. The minimum Gasteiger partial charge on any atom is -0.350 e. The van der Waals surface area contributed by atoms with Crippen molar-refractivity contribution in [2.24, 2.45) is 0 Å². The van der Waals surface area contributed by atoms with Gasteiger partial charge in [-0.2, -0.15) is 0 Å². The van der Waals surface area contributed by atoms with Crippen LogP contribution in [0.5, 0.6) is 0 Å². The Morgan fingerprint density at radius 2 is 1.23 bits per heavy atom. The van der Waals surface area contributed by atoms with E-state index in [1.165, 1.54) is 0 Å². The normalized spacial score (nSPS) is 10.1. The van der Waals surface area contributed by atoms with Crippen molar-refractivity contribution in [3.63, 3.8) is 0 Å². The second kappa shape index (κ2) is 7.75. The molecule has 0 radical (unpaired) electrons. The topological polar surface area (TPSA) is 58.2 Å². The Morgan fingerprint density at radius 3 is 1.68 bits per heavy atom. The van der Waals surface area contributed by atoms with Gasteiger partial charge < -0.3 is 10.6 Å². The Morgan fingerprint density at radius 1 is 0.818 bits per heavy atom. The monoisotopic (exact) mass is 360 g/mol. The van der Waals surface area contributed by atoms with Crippen LogP contribution in [0.15, 0.2) is 53.0 Å². The number of amides is 2. The highest BCUT2D eigenvalue weighted by Gasteiger charge is 2.06. The predicted molar refractivity (Wildman–Crippen MR) is 90.0 cm³/mol. The first-order valence-electron chi connectivity index (χ1n) is 6.95. The number of carbonyl (C=O) groups excluding carboxylic acids is 2. The van der Waals surface area contributed by atoms with Crippen LogP contribution < -0.4 is 10.6 Å². The van der Waals surface area contributed by atoms with Gasteiger partial charge in [-0.3, -0.25) is 9.59 Å². The third-order valence-electron chi connectivity index (χ3n) is 3.12. The minimum atomic E-state index is -0.155. The van der Waals surface area contributed by atoms with Gasteiger partial charge in [-0.25, -0.2) is 0 Å². The van der Waals surface area contributed by atoms with Gasteiger partial charge in [0, 0.05) is 28.7 Å². The maximum Gasteiger partial charge on any atom is 0.251 e. The zero-order chi connectivity index (χ0) is 15.9. The molecule has 0 unspecified atom stereocenters. The Labute approximate surface area is 138 Å². The molecule has 0 heterocycles. The van der Waals surface area contributed by atoms with E-state index in [1.54, 1.807) is 24.3 Å². The molecule has 0 saturated carbocycles. The molecule has 0 atom stereocenters. The number of carbonyl (C=O) groups is 2. The third-order valence-corrected chi connectivity index (χ3v) is 3.64. The molecule has 0 saturated heterocycles. The van der Waals surface area contributed by atoms with Crippen molar-refractivity contribution < 1.29 is 9.59 Å². The molecule has 0 spiro atoms. The zero-order valence-corrected chi connectivity index (χ0v) is 13.8. The minimum absolute atomic E-state index is 0.141. The molecular weight excluding hydrogens is 344 g/mol. The maximum absolute atomic E-state index is 11.9. The van der Waals surface area contributed by atoms with Gasteiger partial charge in [-0.15, -0.1) is 0 Å². The number of hydrogen-bond donors (Lipinski definition) is 2. The Balaban J connectivity index is 1.74. The van der Waals surface area contributed by atoms with Crippen molar-refractivity contribution in [1.82, 2.24) is 10.6 Å². The van der Waals surface area contributed by atoms with E-state index in [4.69, 9.17) is 0 Å². The Bertz CT molecular complexity index is 592. The molecule has 0 aliphatic rings. The summed E-state index contributed by atoms with van der Waals surface area (Å²) in [4.78, 5) is 23.7. The lowest BCUT2D eigenvalue weighted by molar-refractivity contribution is 0.0927. The summed E-state index contributed by atoms with van der Waals surface area (Å²) >= 11 is 3.32. The second-order valence-corrected chi connectivity index (χ2v) is 5.80. The number of benzene rings is 2. The average Bonchev–Trinajstić information content (AvgIpc) is 2.52. The fraction of sp³-hybridized carbons (Fsp3) is 0.176. The average molecular weight is 361 g/mol. The number of aryl methyl sites for hydroxylation is 1. The molecule has 114 valence electrons. The van der Waals surface area contributed by atoms with E-state index < -0.39 is 0 Å². The predicted octanol–water partition coefficient (Wildman–Crippen LogP) is 2.92. The molecule has 0 aliphatic carbocycles. The van der Waals surface area contributed by atoms with E-state index in [9.17, 15) is 9.59 Å². The van der Waals surface area contributed by atoms with Crippen LogP contribution in [0.1, 0.15) is 26.3 Å². The molecule has 4 nitrogen and oxygen atoms in total. The van der Waals surface area contributed by atoms with Crippen LogP contribution in [0.2, 0.25) is 0 Å². The van der Waals surface area contributed by atoms with E-state index in [-0.39, 0.29) is 11.8 Å². The highest BCUT2D eigenvalue weighted by molar-refractivity contribution is 9.10. The number of nitrogens with one attached hydrogen (secondary N) is 2. The molecule has 0 aromatic heterocycles. The highest BCUT2D eigenvalue weighted by atomic mass is 79.9. The van der Waals surface area contributed by atoms with Crippen molar-refractivity contribution in [2.75, 3.05) is 13.1 Å². The molecule has 2 N–H and O–H groups in total. The van der Waals surface area contributed by atoms with E-state index in [0.29, 0.717) is 24.2 Å². The third kappa shape index (κ3) is 4.70. The van der Waals surface area contributed by atoms with E-state index >= 15 is 0 Å². The molecule has 2 amide bonds. The van der Waals surface area contributed by atoms with Crippen LogP contribution in [0.25, 0.3) is 0 Å². The van der Waals surface area contributed by atoms with Crippen LogP contribution in [0.3, 0.4) is 0 Å². The van der Waals surface area contributed by atoms with Crippen molar-refractivity contribution in [3.05, 3.63) is 69.7 Å². The van der Waals surface area contributed by atoms with Gasteiger partial charge in [-0.05, 0) is 43.3 Å². The first-order valence-corrected chi connectivity index (χ1v) is 7.74. The van der Waals surface area contributed by atoms with E-state index in [1.807, 2.05) is 31.2 Å². The lowest BCUT2D eigenvalue weighted by atomic mass is 10.1. The number of halogens is 1. The largest absolute Gasteiger partial charge is 0.350 e. The van der Waals surface area contributed by atoms with Gasteiger partial charge in [-0.1, -0.05) is 33.6 Å². The summed E-state index contributed by atoms with van der Waals surface area (Å²) < 4.78 is 0.925. The van der Waals surface area contributed by atoms with Crippen LogP contribution in [0, 0.1) is 6.92 Å². The van der Waals surface area contributed by atoms with Gasteiger partial charge in [0.05, 0.1) is 0 Å². The lowest BCUT2D eigenvalue weighted by Gasteiger charge is -2.07. The quantitative estimate of drug-likeness (QED) is 0.805. The molecule has 22 heavy (non-hydrogen) atoms. The van der Waals surface area contributed by atoms with Crippen molar-refractivity contribution in [3.8, 4) is 0 Å². The highest BCUT2D eigenvalue weighted by Crippen LogP contribution is 2.10. The smallest absolute Gasteiger partial charge is 0.251 e. The summed E-state index contributed by atoms with van der Waals surface area (Å²) in [6.07, 6.45) is 0. The van der Waals surface area contributed by atoms with Crippen molar-refractivity contribution in [1.29, 1.82) is 0 Å². The first-order chi connectivity index (χ1) is 10.6. The summed E-state index contributed by atoms with van der Waals surface area (Å²) in [7, 11) is 0. The maximum atomic E-state index is 11.9. The van der Waals surface area contributed by atoms with E-state index in [2.05, 4.69) is 26.6 Å². The summed E-state index contributed by atoms with van der Waals surface area (Å²) in [5.41, 5.74) is 2.32. The second-order valence-electron chi connectivity index (χ2n) is 4.88. The number of rotatable bonds is 5. The van der Waals surface area contributed by atoms with Gasteiger partial charge in [0.25, 0.3) is 11.8 Å². The van der Waals surface area contributed by atoms with Gasteiger partial charge in [0.15, 0.2) is 0 Å². The first kappa shape index (κ1) is 16.2. The standard InChI is InChI=1S/C17H17BrN2O2/c1-12-2-4-13(5-3-12)16(21)19-10-11-20-17(22)14-6-8-15(18)9-7-14/h2-9H,10-11H2,1H3,(H,19,21)(H,20,22). The summed E-state index contributed by atoms with van der Waals surface area (Å²) in [5, 5.41) is 5.54. The molecule has 0 aliphatic heterocycles. The van der Waals surface area contributed by atoms with Crippen molar-refractivity contribution in [2.45, 2.75) is 6.92 Å². The Kier molecular flexibility index (Phi) is 5.72. The lowest BCUT2D eigenvalue weighted by Crippen LogP contribution is -2.34. The molecule has 0 bridgehead atoms. The molecule has 0 fully saturated rings. The van der Waals surface area contributed by atoms with Crippen LogP contribution in [-0.2, 0) is 0 Å². The fourth-order valence-electron chi connectivity index (χ4n) is 1.86. The van der Waals surface area contributed by atoms with Crippen molar-refractivity contribution >= 4 is 27.7 Å². The van der Waals surface area contributed by atoms with Crippen LogP contribution in [-0.4, -0.2) is 24.9 Å². The molecule has 5 heteroatoms. The fourth-order valence-corrected chi connectivity index (χ4v) is 2.13. The van der Waals surface area contributed by atoms with Crippen LogP contribution >= 0.6 is 15.9 Å². The molecular formula is C17H17BrN2O2. The summed E-state index contributed by atoms with van der Waals surface area (Å²) in [6.45, 7) is 2.74. The summed E-state index contributed by atoms with van der Waals surface area (Å²) in [6, 6.07) is 14.5. The van der Waals surface area contributed by atoms with Gasteiger partial charge in [0.1, 0.15) is 0 Å². The van der Waals surface area contributed by atoms with E-state index in [0.717, 1.165) is 10.0 Å².